The molecule has 6 nitrogen and oxygen atoms in total. The molecule has 1 aromatic rings. The fourth-order valence-corrected chi connectivity index (χ4v) is 2.23. The second-order valence-electron chi connectivity index (χ2n) is 5.62. The molecule has 0 aromatic carbocycles. The fraction of sp³-hybridized carbons (Fsp3) is 0.611. The zero-order valence-corrected chi connectivity index (χ0v) is 14.9. The predicted molar refractivity (Wildman–Crippen MR) is 95.2 cm³/mol. The van der Waals surface area contributed by atoms with Crippen molar-refractivity contribution >= 4 is 6.47 Å². The Morgan fingerprint density at radius 3 is 2.33 bits per heavy atom. The van der Waals surface area contributed by atoms with Crippen LogP contribution in [0.25, 0.3) is 0 Å². The molecule has 6 heteroatoms. The lowest BCUT2D eigenvalue weighted by Crippen LogP contribution is -2.23. The molecule has 0 saturated carbocycles. The molecule has 0 atom stereocenters. The number of unbranched alkanes of at least 4 members (excludes halogenated alkanes) is 5. The monoisotopic (exact) mass is 340 g/mol. The zero-order valence-electron chi connectivity index (χ0n) is 14.9. The lowest BCUT2D eigenvalue weighted by Gasteiger charge is -2.17. The number of carboxylic acid groups (broad SMARTS) is 1. The maximum atomic E-state index is 8.36. The summed E-state index contributed by atoms with van der Waals surface area (Å²) in [5, 5.41) is 15.2. The van der Waals surface area contributed by atoms with Crippen LogP contribution < -0.4 is 0 Å². The Hall–Kier alpha value is -1.95. The Kier molecular flexibility index (Phi) is 14.6. The molecule has 1 aromatic heterocycles. The first kappa shape index (κ1) is 22.1. The molecule has 0 fully saturated rings. The largest absolute Gasteiger partial charge is 0.483 e. The summed E-state index contributed by atoms with van der Waals surface area (Å²) in [5.74, 6) is 0.611. The van der Waals surface area contributed by atoms with E-state index in [1.54, 1.807) is 12.1 Å². The average molecular weight is 340 g/mol. The van der Waals surface area contributed by atoms with Gasteiger partial charge in [0.2, 0.25) is 0 Å². The molecule has 0 bridgehead atoms. The van der Waals surface area contributed by atoms with Gasteiger partial charge in [0.05, 0.1) is 12.9 Å². The molecule has 24 heavy (non-hydrogen) atoms. The minimum absolute atomic E-state index is 0.00694. The molecule has 0 unspecified atom stereocenters. The number of aliphatic hydroxyl groups excluding tert-OH is 1. The van der Waals surface area contributed by atoms with Crippen LogP contribution in [0, 0.1) is 0 Å². The van der Waals surface area contributed by atoms with E-state index in [0.29, 0.717) is 5.76 Å². The van der Waals surface area contributed by atoms with E-state index in [1.165, 1.54) is 51.3 Å². The van der Waals surface area contributed by atoms with E-state index in [-0.39, 0.29) is 13.1 Å². The van der Waals surface area contributed by atoms with Crippen LogP contribution in [0.4, 0.5) is 0 Å². The highest BCUT2D eigenvalue weighted by molar-refractivity contribution is 5.32. The SMILES string of the molecule is CCCCCCCCN1C=CN(C)C1.O=CO.OCc1ccco1. The molecule has 0 spiro atoms. The number of nitrogens with zero attached hydrogens (tertiary/aromatic N) is 2. The van der Waals surface area contributed by atoms with Crippen LogP contribution >= 0.6 is 0 Å². The highest BCUT2D eigenvalue weighted by Crippen LogP contribution is 2.08. The summed E-state index contributed by atoms with van der Waals surface area (Å²) in [6.07, 6.45) is 14.2. The van der Waals surface area contributed by atoms with E-state index in [2.05, 4.69) is 36.2 Å². The van der Waals surface area contributed by atoms with Gasteiger partial charge in [0.25, 0.3) is 6.47 Å². The van der Waals surface area contributed by atoms with Crippen molar-refractivity contribution in [2.24, 2.45) is 0 Å². The van der Waals surface area contributed by atoms with Gasteiger partial charge in [-0.2, -0.15) is 0 Å². The van der Waals surface area contributed by atoms with Crippen LogP contribution in [0.1, 0.15) is 51.2 Å². The Balaban J connectivity index is 0.000000439. The molecule has 0 radical (unpaired) electrons. The molecular weight excluding hydrogens is 308 g/mol. The van der Waals surface area contributed by atoms with E-state index in [9.17, 15) is 0 Å². The smallest absolute Gasteiger partial charge is 0.290 e. The van der Waals surface area contributed by atoms with E-state index < -0.39 is 0 Å². The first-order valence-corrected chi connectivity index (χ1v) is 8.51. The zero-order chi connectivity index (χ0) is 18.0. The second-order valence-corrected chi connectivity index (χ2v) is 5.62. The number of hydrogen-bond donors (Lipinski definition) is 2. The lowest BCUT2D eigenvalue weighted by atomic mass is 10.1. The van der Waals surface area contributed by atoms with Gasteiger partial charge in [-0.25, -0.2) is 0 Å². The van der Waals surface area contributed by atoms with E-state index >= 15 is 0 Å². The Morgan fingerprint density at radius 1 is 1.21 bits per heavy atom. The highest BCUT2D eigenvalue weighted by atomic mass is 16.4. The van der Waals surface area contributed by atoms with Crippen LogP contribution in [-0.4, -0.2) is 46.7 Å². The standard InChI is InChI=1S/C12H24N2.C5H6O2.CH2O2/c1-3-4-5-6-7-8-9-14-11-10-13(2)12-14;6-4-5-2-1-3-7-5;2-1-3/h10-11H,3-9,12H2,1-2H3;1-3,6H,4H2;1H,(H,2,3). The molecule has 2 heterocycles. The van der Waals surface area contributed by atoms with Gasteiger partial charge in [0.15, 0.2) is 0 Å². The molecule has 0 saturated heterocycles. The Morgan fingerprint density at radius 2 is 1.88 bits per heavy atom. The third-order valence-corrected chi connectivity index (χ3v) is 3.47. The van der Waals surface area contributed by atoms with Gasteiger partial charge in [0, 0.05) is 26.0 Å². The number of carbonyl (C=O) groups is 1. The molecule has 138 valence electrons. The van der Waals surface area contributed by atoms with E-state index in [0.717, 1.165) is 6.67 Å². The summed E-state index contributed by atoms with van der Waals surface area (Å²) in [6, 6.07) is 3.46. The van der Waals surface area contributed by atoms with Gasteiger partial charge in [-0.05, 0) is 18.6 Å². The number of rotatable bonds is 8. The van der Waals surface area contributed by atoms with Crippen LogP contribution in [0.5, 0.6) is 0 Å². The van der Waals surface area contributed by atoms with E-state index in [1.807, 2.05) is 0 Å². The van der Waals surface area contributed by atoms with Crippen LogP contribution in [0.3, 0.4) is 0 Å². The minimum Gasteiger partial charge on any atom is -0.483 e. The molecule has 1 aliphatic rings. The molecule has 2 N–H and O–H groups in total. The first-order valence-electron chi connectivity index (χ1n) is 8.51. The van der Waals surface area contributed by atoms with Crippen LogP contribution in [0.15, 0.2) is 35.2 Å². The Labute approximate surface area is 145 Å². The van der Waals surface area contributed by atoms with Gasteiger partial charge >= 0.3 is 0 Å². The van der Waals surface area contributed by atoms with Crippen molar-refractivity contribution < 1.29 is 19.4 Å². The van der Waals surface area contributed by atoms with Crippen molar-refractivity contribution in [3.8, 4) is 0 Å². The Bertz CT molecular complexity index is 407. The second kappa shape index (κ2) is 15.9. The molecule has 1 aliphatic heterocycles. The van der Waals surface area contributed by atoms with Gasteiger partial charge in [-0.1, -0.05) is 39.0 Å². The molecule has 0 aliphatic carbocycles. The predicted octanol–water partition coefficient (Wildman–Crippen LogP) is 3.50. The topological polar surface area (TPSA) is 77.2 Å². The molecule has 2 rings (SSSR count). The highest BCUT2D eigenvalue weighted by Gasteiger charge is 2.06. The summed E-state index contributed by atoms with van der Waals surface area (Å²) in [5.41, 5.74) is 0. The maximum Gasteiger partial charge on any atom is 0.290 e. The summed E-state index contributed by atoms with van der Waals surface area (Å²) in [7, 11) is 2.12. The normalized spacial score (nSPS) is 12.3. The molecular formula is C18H32N2O4. The van der Waals surface area contributed by atoms with Gasteiger partial charge < -0.3 is 24.4 Å². The quantitative estimate of drug-likeness (QED) is 0.557. The van der Waals surface area contributed by atoms with Crippen molar-refractivity contribution in [2.75, 3.05) is 20.3 Å². The number of hydrogen-bond acceptors (Lipinski definition) is 5. The van der Waals surface area contributed by atoms with Crippen molar-refractivity contribution in [3.63, 3.8) is 0 Å². The van der Waals surface area contributed by atoms with Crippen LogP contribution in [0.2, 0.25) is 0 Å². The summed E-state index contributed by atoms with van der Waals surface area (Å²) in [4.78, 5) is 13.0. The maximum absolute atomic E-state index is 8.36. The first-order chi connectivity index (χ1) is 11.7. The van der Waals surface area contributed by atoms with Crippen LogP contribution in [-0.2, 0) is 11.4 Å². The third-order valence-electron chi connectivity index (χ3n) is 3.47. The van der Waals surface area contributed by atoms with Gasteiger partial charge in [-0.3, -0.25) is 4.79 Å². The average Bonchev–Trinajstić information content (AvgIpc) is 3.23. The summed E-state index contributed by atoms with van der Waals surface area (Å²) in [6.45, 7) is 4.32. The fourth-order valence-electron chi connectivity index (χ4n) is 2.23. The third kappa shape index (κ3) is 12.6. The van der Waals surface area contributed by atoms with Gasteiger partial charge in [0.1, 0.15) is 12.4 Å². The van der Waals surface area contributed by atoms with Crippen molar-refractivity contribution in [2.45, 2.75) is 52.1 Å². The van der Waals surface area contributed by atoms with Gasteiger partial charge in [-0.15, -0.1) is 0 Å². The van der Waals surface area contributed by atoms with Crippen molar-refractivity contribution in [3.05, 3.63) is 36.6 Å². The lowest BCUT2D eigenvalue weighted by molar-refractivity contribution is -0.122. The number of aliphatic hydroxyl groups is 1. The number of furan rings is 1. The summed E-state index contributed by atoms with van der Waals surface area (Å²) >= 11 is 0. The summed E-state index contributed by atoms with van der Waals surface area (Å²) < 4.78 is 4.73. The molecule has 0 amide bonds. The van der Waals surface area contributed by atoms with Crippen molar-refractivity contribution in [1.82, 2.24) is 9.80 Å². The van der Waals surface area contributed by atoms with E-state index in [4.69, 9.17) is 19.4 Å². The minimum atomic E-state index is -0.250. The van der Waals surface area contributed by atoms with Crippen molar-refractivity contribution in [1.29, 1.82) is 0 Å².